The van der Waals surface area contributed by atoms with Gasteiger partial charge in [-0.3, -0.25) is 9.53 Å². The highest BCUT2D eigenvalue weighted by molar-refractivity contribution is 6.00. The zero-order chi connectivity index (χ0) is 19.3. The molecule has 7 heteroatoms. The van der Waals surface area contributed by atoms with Gasteiger partial charge in [-0.05, 0) is 24.6 Å². The lowest BCUT2D eigenvalue weighted by Gasteiger charge is -2.56. The zero-order valence-electron chi connectivity index (χ0n) is 15.1. The van der Waals surface area contributed by atoms with Gasteiger partial charge in [0.2, 0.25) is 5.79 Å². The summed E-state index contributed by atoms with van der Waals surface area (Å²) in [6, 6.07) is 8.39. The van der Waals surface area contributed by atoms with Gasteiger partial charge in [0, 0.05) is 31.1 Å². The van der Waals surface area contributed by atoms with Crippen LogP contribution in [0.5, 0.6) is 17.2 Å². The van der Waals surface area contributed by atoms with Gasteiger partial charge in [-0.2, -0.15) is 0 Å². The van der Waals surface area contributed by atoms with Gasteiger partial charge in [-0.25, -0.2) is 0 Å². The standard InChI is InChI=1S/C21H18O7/c1-25-13-7-8-20-19-15(6-5-11(22)17(13)19)27-21(28-20)16(24)9-12(23)10-3-2-4-14(26-20)18(10)21/h2-6,13,16,22,24H,7-9H2,1H3/t13-,16+,20+,21+/m0/s1. The molecule has 2 heterocycles. The minimum Gasteiger partial charge on any atom is -0.508 e. The van der Waals surface area contributed by atoms with Gasteiger partial charge in [-0.1, -0.05) is 12.1 Å². The fourth-order valence-electron chi connectivity index (χ4n) is 5.08. The van der Waals surface area contributed by atoms with E-state index in [1.807, 2.05) is 0 Å². The molecular formula is C21H18O7. The number of carbonyl (C=O) groups is 1. The monoisotopic (exact) mass is 382 g/mol. The Morgan fingerprint density at radius 3 is 2.79 bits per heavy atom. The van der Waals surface area contributed by atoms with Crippen LogP contribution in [0.2, 0.25) is 0 Å². The van der Waals surface area contributed by atoms with E-state index < -0.39 is 17.7 Å². The molecule has 2 aromatic rings. The van der Waals surface area contributed by atoms with Gasteiger partial charge < -0.3 is 24.4 Å². The van der Waals surface area contributed by atoms with E-state index in [1.165, 1.54) is 0 Å². The first kappa shape index (κ1) is 16.4. The van der Waals surface area contributed by atoms with Crippen LogP contribution in [0.15, 0.2) is 30.3 Å². The topological polar surface area (TPSA) is 94.5 Å². The molecule has 2 aromatic carbocycles. The van der Waals surface area contributed by atoms with Crippen LogP contribution in [0, 0.1) is 0 Å². The number of hydrogen-bond acceptors (Lipinski definition) is 7. The van der Waals surface area contributed by atoms with E-state index in [1.54, 1.807) is 37.4 Å². The first-order valence-electron chi connectivity index (χ1n) is 9.31. The van der Waals surface area contributed by atoms with Crippen LogP contribution in [0.3, 0.4) is 0 Å². The quantitative estimate of drug-likeness (QED) is 0.783. The van der Waals surface area contributed by atoms with Crippen LogP contribution < -0.4 is 9.47 Å². The first-order chi connectivity index (χ1) is 13.5. The minimum atomic E-state index is -1.53. The maximum absolute atomic E-state index is 12.5. The number of methoxy groups -OCH3 is 1. The zero-order valence-corrected chi connectivity index (χ0v) is 15.1. The van der Waals surface area contributed by atoms with Crippen LogP contribution >= 0.6 is 0 Å². The van der Waals surface area contributed by atoms with Crippen LogP contribution in [0.4, 0.5) is 0 Å². The van der Waals surface area contributed by atoms with Crippen LogP contribution in [-0.4, -0.2) is 29.2 Å². The summed E-state index contributed by atoms with van der Waals surface area (Å²) in [5.41, 5.74) is 2.02. The van der Waals surface area contributed by atoms with E-state index in [0.29, 0.717) is 46.6 Å². The molecule has 0 fully saturated rings. The molecule has 0 radical (unpaired) electrons. The van der Waals surface area contributed by atoms with Gasteiger partial charge in [0.05, 0.1) is 17.2 Å². The highest BCUT2D eigenvalue weighted by atomic mass is 16.8. The number of rotatable bonds is 1. The second-order valence-corrected chi connectivity index (χ2v) is 7.68. The van der Waals surface area contributed by atoms with E-state index in [9.17, 15) is 15.0 Å². The second-order valence-electron chi connectivity index (χ2n) is 7.68. The molecule has 28 heavy (non-hydrogen) atoms. The summed E-state index contributed by atoms with van der Waals surface area (Å²) in [5, 5.41) is 21.5. The Bertz CT molecular complexity index is 1050. The summed E-state index contributed by atoms with van der Waals surface area (Å²) in [6.07, 6.45) is -0.602. The Balaban J connectivity index is 1.68. The lowest BCUT2D eigenvalue weighted by molar-refractivity contribution is -0.388. The number of aliphatic hydroxyl groups is 1. The molecule has 2 aliphatic carbocycles. The molecule has 2 bridgehead atoms. The van der Waals surface area contributed by atoms with Crippen molar-refractivity contribution < 1.29 is 34.0 Å². The molecule has 0 saturated carbocycles. The van der Waals surface area contributed by atoms with Crippen molar-refractivity contribution in [1.82, 2.24) is 0 Å². The number of hydrogen-bond donors (Lipinski definition) is 2. The first-order valence-corrected chi connectivity index (χ1v) is 9.31. The fraction of sp³-hybridized carbons (Fsp3) is 0.381. The normalized spacial score (nSPS) is 34.0. The maximum Gasteiger partial charge on any atom is 0.271 e. The molecule has 2 spiro atoms. The van der Waals surface area contributed by atoms with Crippen molar-refractivity contribution in [2.75, 3.05) is 7.11 Å². The molecule has 144 valence electrons. The summed E-state index contributed by atoms with van der Waals surface area (Å²) in [5.74, 6) is -1.96. The Kier molecular flexibility index (Phi) is 2.95. The average molecular weight is 382 g/mol. The Morgan fingerprint density at radius 1 is 1.14 bits per heavy atom. The van der Waals surface area contributed by atoms with Gasteiger partial charge in [0.25, 0.3) is 5.79 Å². The third-order valence-electron chi connectivity index (χ3n) is 6.25. The average Bonchev–Trinajstić information content (AvgIpc) is 2.68. The van der Waals surface area contributed by atoms with Crippen LogP contribution in [0.1, 0.15) is 52.4 Å². The van der Waals surface area contributed by atoms with Crippen molar-refractivity contribution in [2.45, 2.75) is 43.0 Å². The molecule has 2 N–H and O–H groups in total. The number of ketones is 1. The molecule has 4 aliphatic rings. The third kappa shape index (κ3) is 1.73. The summed E-state index contributed by atoms with van der Waals surface area (Å²) >= 11 is 0. The molecule has 0 saturated heterocycles. The summed E-state index contributed by atoms with van der Waals surface area (Å²) in [4.78, 5) is 12.5. The largest absolute Gasteiger partial charge is 0.508 e. The Hall–Kier alpha value is -2.61. The smallest absolute Gasteiger partial charge is 0.271 e. The summed E-state index contributed by atoms with van der Waals surface area (Å²) < 4.78 is 24.6. The number of aliphatic hydroxyl groups excluding tert-OH is 1. The lowest BCUT2D eigenvalue weighted by atomic mass is 9.77. The van der Waals surface area contributed by atoms with Gasteiger partial charge in [0.15, 0.2) is 5.78 Å². The molecule has 4 atom stereocenters. The number of Topliss-reactive ketones (excluding diaryl/α,β-unsaturated/α-hetero) is 1. The van der Waals surface area contributed by atoms with E-state index in [2.05, 4.69) is 0 Å². The summed E-state index contributed by atoms with van der Waals surface area (Å²) in [7, 11) is 1.59. The lowest BCUT2D eigenvalue weighted by Crippen LogP contribution is -2.63. The molecule has 0 unspecified atom stereocenters. The predicted octanol–water partition coefficient (Wildman–Crippen LogP) is 2.63. The molecule has 0 amide bonds. The van der Waals surface area contributed by atoms with Crippen molar-refractivity contribution in [1.29, 1.82) is 0 Å². The van der Waals surface area contributed by atoms with Crippen LogP contribution in [0.25, 0.3) is 0 Å². The van der Waals surface area contributed by atoms with Gasteiger partial charge >= 0.3 is 0 Å². The van der Waals surface area contributed by atoms with Crippen molar-refractivity contribution in [3.63, 3.8) is 0 Å². The Labute approximate surface area is 160 Å². The number of phenolic OH excluding ortho intramolecular Hbond substituents is 1. The van der Waals surface area contributed by atoms with E-state index in [4.69, 9.17) is 18.9 Å². The van der Waals surface area contributed by atoms with Crippen molar-refractivity contribution >= 4 is 5.78 Å². The number of ether oxygens (including phenoxy) is 4. The molecule has 0 aromatic heterocycles. The van der Waals surface area contributed by atoms with E-state index in [-0.39, 0.29) is 24.1 Å². The molecule has 6 rings (SSSR count). The van der Waals surface area contributed by atoms with E-state index in [0.717, 1.165) is 0 Å². The number of phenols is 1. The number of aromatic hydroxyl groups is 1. The predicted molar refractivity (Wildman–Crippen MR) is 94.2 cm³/mol. The number of carbonyl (C=O) groups excluding carboxylic acids is 1. The third-order valence-corrected chi connectivity index (χ3v) is 6.25. The number of benzene rings is 2. The Morgan fingerprint density at radius 2 is 1.96 bits per heavy atom. The molecular weight excluding hydrogens is 364 g/mol. The highest BCUT2D eigenvalue weighted by Gasteiger charge is 2.65. The van der Waals surface area contributed by atoms with Crippen molar-refractivity contribution in [3.8, 4) is 17.2 Å². The highest BCUT2D eigenvalue weighted by Crippen LogP contribution is 2.63. The van der Waals surface area contributed by atoms with E-state index >= 15 is 0 Å². The maximum atomic E-state index is 12.5. The second kappa shape index (κ2) is 5.05. The van der Waals surface area contributed by atoms with Crippen LogP contribution in [-0.2, 0) is 21.0 Å². The molecule has 2 aliphatic heterocycles. The van der Waals surface area contributed by atoms with Crippen molar-refractivity contribution in [2.24, 2.45) is 0 Å². The van der Waals surface area contributed by atoms with Gasteiger partial charge in [-0.15, -0.1) is 0 Å². The fourth-order valence-corrected chi connectivity index (χ4v) is 5.08. The van der Waals surface area contributed by atoms with Crippen molar-refractivity contribution in [3.05, 3.63) is 52.6 Å². The van der Waals surface area contributed by atoms with Gasteiger partial charge in [0.1, 0.15) is 23.4 Å². The molecule has 7 nitrogen and oxygen atoms in total. The SMILES string of the molecule is CO[C@H]1CC[C@]23Oc4cccc5c4[C@](Oc4ccc(O)c1c42)(O3)[C@H](O)CC5=O. The minimum absolute atomic E-state index is 0.0790. The summed E-state index contributed by atoms with van der Waals surface area (Å²) in [6.45, 7) is 0.